The Hall–Kier alpha value is -1.73. The zero-order valence-electron chi connectivity index (χ0n) is 17.5. The lowest BCUT2D eigenvalue weighted by Crippen LogP contribution is -3.00. The van der Waals surface area contributed by atoms with Gasteiger partial charge in [-0.25, -0.2) is 4.79 Å². The minimum Gasteiger partial charge on any atom is -0.462 e. The Labute approximate surface area is 175 Å². The van der Waals surface area contributed by atoms with Crippen LogP contribution in [0.3, 0.4) is 0 Å². The first-order valence-corrected chi connectivity index (χ1v) is 11.6. The fraction of sp³-hybridized carbons (Fsp3) is 0.682. The van der Waals surface area contributed by atoms with E-state index in [1.54, 1.807) is 13.8 Å². The largest absolute Gasteiger partial charge is 0.462 e. The Bertz CT molecular complexity index is 809. The van der Waals surface area contributed by atoms with Crippen LogP contribution in [0.4, 0.5) is 5.00 Å². The molecule has 0 aromatic carbocycles. The second-order valence-electron chi connectivity index (χ2n) is 9.27. The molecule has 158 valence electrons. The number of esters is 1. The highest BCUT2D eigenvalue weighted by molar-refractivity contribution is 7.18. The van der Waals surface area contributed by atoms with E-state index in [4.69, 9.17) is 4.74 Å². The minimum absolute atomic E-state index is 0.112. The first-order chi connectivity index (χ1) is 13.8. The van der Waals surface area contributed by atoms with Crippen LogP contribution in [-0.2, 0) is 9.53 Å². The van der Waals surface area contributed by atoms with Crippen molar-refractivity contribution >= 4 is 34.0 Å². The predicted molar refractivity (Wildman–Crippen MR) is 111 cm³/mol. The highest BCUT2D eigenvalue weighted by Gasteiger charge is 2.53. The van der Waals surface area contributed by atoms with Gasteiger partial charge in [-0.1, -0.05) is 0 Å². The summed E-state index contributed by atoms with van der Waals surface area (Å²) in [7, 11) is 0. The lowest BCUT2D eigenvalue weighted by Gasteiger charge is -2.54. The zero-order valence-corrected chi connectivity index (χ0v) is 18.3. The molecular formula is C22H31N2O4S+. The zero-order chi connectivity index (χ0) is 20.8. The molecule has 0 unspecified atom stereocenters. The van der Waals surface area contributed by atoms with E-state index < -0.39 is 5.97 Å². The highest BCUT2D eigenvalue weighted by Crippen LogP contribution is 2.54. The molecule has 4 aliphatic carbocycles. The number of nitrogens with two attached hydrogens (primary N) is 1. The summed E-state index contributed by atoms with van der Waals surface area (Å²) >= 11 is 1.17. The number of nitrogens with one attached hydrogen (secondary N) is 1. The second kappa shape index (κ2) is 7.84. The molecule has 1 heterocycles. The van der Waals surface area contributed by atoms with Gasteiger partial charge in [0, 0.05) is 19.3 Å². The molecule has 0 spiro atoms. The van der Waals surface area contributed by atoms with E-state index in [2.05, 4.69) is 10.6 Å². The van der Waals surface area contributed by atoms with Gasteiger partial charge in [-0.15, -0.1) is 11.3 Å². The van der Waals surface area contributed by atoms with Crippen molar-refractivity contribution in [2.24, 2.45) is 17.8 Å². The fourth-order valence-corrected chi connectivity index (χ4v) is 7.41. The van der Waals surface area contributed by atoms with E-state index in [0.717, 1.165) is 17.8 Å². The molecule has 3 N–H and O–H groups in total. The summed E-state index contributed by atoms with van der Waals surface area (Å²) in [6.07, 6.45) is 7.83. The first-order valence-electron chi connectivity index (χ1n) is 10.8. The average Bonchev–Trinajstić information content (AvgIpc) is 2.95. The molecule has 1 aromatic rings. The van der Waals surface area contributed by atoms with Crippen LogP contribution in [0.5, 0.6) is 0 Å². The standard InChI is InChI=1S/C22H30N2O4S/c1-4-28-21(27)18-12(2)19(13(3)25)29-20(18)24-17(26)11-23-22-8-14-5-15(9-22)7-16(6-14)10-22/h14-16,23H,4-11H2,1-3H3,(H,24,26)/p+1. The molecule has 29 heavy (non-hydrogen) atoms. The summed E-state index contributed by atoms with van der Waals surface area (Å²) in [5, 5.41) is 5.57. The maximum Gasteiger partial charge on any atom is 0.341 e. The third kappa shape index (κ3) is 3.99. The van der Waals surface area contributed by atoms with E-state index in [-0.39, 0.29) is 23.8 Å². The van der Waals surface area contributed by atoms with Crippen molar-refractivity contribution in [3.8, 4) is 0 Å². The van der Waals surface area contributed by atoms with Crippen molar-refractivity contribution < 1.29 is 24.4 Å². The molecule has 6 nitrogen and oxygen atoms in total. The summed E-state index contributed by atoms with van der Waals surface area (Å²) in [4.78, 5) is 37.6. The Kier molecular flexibility index (Phi) is 5.55. The SMILES string of the molecule is CCOC(=O)c1c(NC(=O)C[NH2+]C23CC4CC(CC(C4)C2)C3)sc(C(C)=O)c1C. The number of hydrogen-bond acceptors (Lipinski definition) is 5. The maximum atomic E-state index is 12.8. The number of thiophene rings is 1. The van der Waals surface area contributed by atoms with Gasteiger partial charge in [-0.2, -0.15) is 0 Å². The number of quaternary nitrogens is 1. The summed E-state index contributed by atoms with van der Waals surface area (Å²) < 4.78 is 5.15. The fourth-order valence-electron chi connectivity index (χ4n) is 6.30. The van der Waals surface area contributed by atoms with Gasteiger partial charge in [-0.3, -0.25) is 9.59 Å². The smallest absolute Gasteiger partial charge is 0.341 e. The van der Waals surface area contributed by atoms with Crippen LogP contribution in [0, 0.1) is 24.7 Å². The Morgan fingerprint density at radius 2 is 1.72 bits per heavy atom. The minimum atomic E-state index is -0.492. The van der Waals surface area contributed by atoms with Crippen molar-refractivity contribution in [3.05, 3.63) is 16.0 Å². The Morgan fingerprint density at radius 3 is 2.24 bits per heavy atom. The van der Waals surface area contributed by atoms with Crippen molar-refractivity contribution in [2.45, 2.75) is 64.8 Å². The molecule has 0 atom stereocenters. The van der Waals surface area contributed by atoms with E-state index in [1.165, 1.54) is 56.8 Å². The average molecular weight is 420 g/mol. The summed E-state index contributed by atoms with van der Waals surface area (Å²) in [5.74, 6) is 1.80. The van der Waals surface area contributed by atoms with Crippen molar-refractivity contribution in [1.82, 2.24) is 0 Å². The molecule has 4 bridgehead atoms. The van der Waals surface area contributed by atoms with Gasteiger partial charge in [0.2, 0.25) is 0 Å². The van der Waals surface area contributed by atoms with Crippen LogP contribution < -0.4 is 10.6 Å². The van der Waals surface area contributed by atoms with Gasteiger partial charge in [0.05, 0.1) is 22.6 Å². The quantitative estimate of drug-likeness (QED) is 0.525. The molecule has 0 saturated heterocycles. The summed E-state index contributed by atoms with van der Waals surface area (Å²) in [5.41, 5.74) is 1.12. The topological polar surface area (TPSA) is 89.1 Å². The molecule has 0 aliphatic heterocycles. The van der Waals surface area contributed by atoms with Crippen LogP contribution in [-0.4, -0.2) is 36.4 Å². The number of amides is 1. The molecule has 1 amide bonds. The molecule has 4 aliphatic rings. The molecule has 4 fully saturated rings. The van der Waals surface area contributed by atoms with E-state index in [1.807, 2.05) is 0 Å². The van der Waals surface area contributed by atoms with Crippen LogP contribution >= 0.6 is 11.3 Å². The number of ketones is 1. The summed E-state index contributed by atoms with van der Waals surface area (Å²) in [6, 6.07) is 0. The predicted octanol–water partition coefficient (Wildman–Crippen LogP) is 2.91. The van der Waals surface area contributed by atoms with Gasteiger partial charge in [0.15, 0.2) is 12.3 Å². The highest BCUT2D eigenvalue weighted by atomic mass is 32.1. The lowest BCUT2D eigenvalue weighted by atomic mass is 9.53. The van der Waals surface area contributed by atoms with E-state index in [9.17, 15) is 14.4 Å². The Morgan fingerprint density at radius 1 is 1.14 bits per heavy atom. The van der Waals surface area contributed by atoms with Crippen LogP contribution in [0.15, 0.2) is 0 Å². The van der Waals surface area contributed by atoms with Crippen molar-refractivity contribution in [1.29, 1.82) is 0 Å². The second-order valence-corrected chi connectivity index (χ2v) is 10.3. The number of anilines is 1. The van der Waals surface area contributed by atoms with Gasteiger partial charge in [0.25, 0.3) is 5.91 Å². The maximum absolute atomic E-state index is 12.8. The number of carbonyl (C=O) groups is 3. The Balaban J connectivity index is 1.45. The van der Waals surface area contributed by atoms with Crippen molar-refractivity contribution in [3.63, 3.8) is 0 Å². The summed E-state index contributed by atoms with van der Waals surface area (Å²) in [6.45, 7) is 5.54. The monoisotopic (exact) mass is 419 g/mol. The number of hydrogen-bond donors (Lipinski definition) is 2. The number of ether oxygens (including phenoxy) is 1. The van der Waals surface area contributed by atoms with Crippen molar-refractivity contribution in [2.75, 3.05) is 18.5 Å². The van der Waals surface area contributed by atoms with Gasteiger partial charge in [-0.05, 0) is 63.4 Å². The third-order valence-corrected chi connectivity index (χ3v) is 8.31. The number of Topliss-reactive ketones (excluding diaryl/α,β-unsaturated/α-hetero) is 1. The van der Waals surface area contributed by atoms with Gasteiger partial charge < -0.3 is 15.4 Å². The van der Waals surface area contributed by atoms with Gasteiger partial charge >= 0.3 is 5.97 Å². The first kappa shape index (κ1) is 20.5. The van der Waals surface area contributed by atoms with Crippen LogP contribution in [0.1, 0.15) is 78.0 Å². The number of carbonyl (C=O) groups excluding carboxylic acids is 3. The molecule has 4 saturated carbocycles. The normalized spacial score (nSPS) is 29.7. The third-order valence-electron chi connectivity index (χ3n) is 7.01. The lowest BCUT2D eigenvalue weighted by molar-refractivity contribution is -0.729. The van der Waals surface area contributed by atoms with Crippen LogP contribution in [0.25, 0.3) is 0 Å². The molecule has 7 heteroatoms. The number of rotatable bonds is 7. The van der Waals surface area contributed by atoms with Gasteiger partial charge in [0.1, 0.15) is 5.00 Å². The molecule has 1 aromatic heterocycles. The molecule has 0 radical (unpaired) electrons. The molecule has 5 rings (SSSR count). The van der Waals surface area contributed by atoms with Crippen LogP contribution in [0.2, 0.25) is 0 Å². The van der Waals surface area contributed by atoms with E-state index in [0.29, 0.717) is 27.5 Å². The van der Waals surface area contributed by atoms with E-state index >= 15 is 0 Å². The molecular weight excluding hydrogens is 388 g/mol.